The fraction of sp³-hybridized carbons (Fsp3) is 0.824. The molecule has 1 aliphatic heterocycles. The number of nitrogens with zero attached hydrogens (tertiary/aromatic N) is 3. The van der Waals surface area contributed by atoms with Crippen LogP contribution in [0.2, 0.25) is 0 Å². The third-order valence-electron chi connectivity index (χ3n) is 4.64. The van der Waals surface area contributed by atoms with Crippen LogP contribution in [-0.4, -0.2) is 60.0 Å². The van der Waals surface area contributed by atoms with Crippen molar-refractivity contribution in [2.45, 2.75) is 57.8 Å². The van der Waals surface area contributed by atoms with Gasteiger partial charge in [-0.2, -0.15) is 0 Å². The molecule has 2 aliphatic rings. The lowest BCUT2D eigenvalue weighted by atomic mass is 10.1. The number of methoxy groups -OCH3 is 1. The summed E-state index contributed by atoms with van der Waals surface area (Å²) in [5.41, 5.74) is 0. The Bertz CT molecular complexity index is 564. The van der Waals surface area contributed by atoms with E-state index in [2.05, 4.69) is 27.3 Å². The maximum absolute atomic E-state index is 12.4. The first kappa shape index (κ1) is 18.7. The number of aromatic nitrogens is 2. The van der Waals surface area contributed by atoms with Gasteiger partial charge in [0.25, 0.3) is 0 Å². The van der Waals surface area contributed by atoms with E-state index >= 15 is 0 Å². The second-order valence-corrected chi connectivity index (χ2v) is 8.01. The summed E-state index contributed by atoms with van der Waals surface area (Å²) < 4.78 is 11.3. The lowest BCUT2D eigenvalue weighted by molar-refractivity contribution is -0.124. The van der Waals surface area contributed by atoms with Crippen LogP contribution in [0.15, 0.2) is 0 Å². The maximum atomic E-state index is 12.4. The smallest absolute Gasteiger partial charge is 0.240 e. The van der Waals surface area contributed by atoms with Crippen LogP contribution in [0.5, 0.6) is 0 Å². The molecule has 1 saturated heterocycles. The number of unbranched alkanes of at least 4 members (excludes halogenated alkanes) is 1. The maximum Gasteiger partial charge on any atom is 0.240 e. The van der Waals surface area contributed by atoms with Gasteiger partial charge in [0.1, 0.15) is 11.6 Å². The second kappa shape index (κ2) is 9.02. The molecule has 0 spiro atoms. The highest BCUT2D eigenvalue weighted by Crippen LogP contribution is 2.37. The number of rotatable bonds is 9. The molecule has 8 heteroatoms. The molecule has 3 rings (SSSR count). The Morgan fingerprint density at radius 3 is 2.96 bits per heavy atom. The number of carbonyl (C=O) groups is 1. The van der Waals surface area contributed by atoms with E-state index in [1.165, 1.54) is 37.0 Å². The highest BCUT2D eigenvalue weighted by molar-refractivity contribution is 7.15. The third-order valence-corrected chi connectivity index (χ3v) is 5.46. The molecule has 0 radical (unpaired) electrons. The number of morpholine rings is 1. The highest BCUT2D eigenvalue weighted by atomic mass is 32.1. The molecule has 7 nitrogen and oxygen atoms in total. The van der Waals surface area contributed by atoms with E-state index in [9.17, 15) is 4.79 Å². The van der Waals surface area contributed by atoms with Gasteiger partial charge in [0.2, 0.25) is 11.0 Å². The Morgan fingerprint density at radius 1 is 1.40 bits per heavy atom. The quantitative estimate of drug-likeness (QED) is 0.721. The van der Waals surface area contributed by atoms with E-state index in [-0.39, 0.29) is 12.0 Å². The molecule has 1 aromatic heterocycles. The molecule has 2 atom stereocenters. The molecule has 0 aromatic carbocycles. The Balaban J connectivity index is 1.51. The average molecular weight is 369 g/mol. The Kier molecular flexibility index (Phi) is 6.75. The van der Waals surface area contributed by atoms with Crippen LogP contribution in [0.4, 0.5) is 5.13 Å². The highest BCUT2D eigenvalue weighted by Gasteiger charge is 2.38. The Hall–Kier alpha value is -1.09. The standard InChI is InChI=1S/C17H28N4O3S/c1-3-4-5-13-8-21(9-14(24-13)12-6-7-12)10-15(22)18-17-20-19-16(25-17)11-23-2/h12-14H,3-11H2,1-2H3,(H,18,20,22)/t13-,14-/m1/s1. The zero-order valence-electron chi connectivity index (χ0n) is 15.1. The molecular formula is C17H28N4O3S. The monoisotopic (exact) mass is 368 g/mol. The predicted molar refractivity (Wildman–Crippen MR) is 96.6 cm³/mol. The van der Waals surface area contributed by atoms with Crippen molar-refractivity contribution in [2.75, 3.05) is 32.1 Å². The lowest BCUT2D eigenvalue weighted by Gasteiger charge is -2.38. The van der Waals surface area contributed by atoms with Crippen molar-refractivity contribution in [1.29, 1.82) is 0 Å². The molecule has 1 N–H and O–H groups in total. The van der Waals surface area contributed by atoms with Crippen LogP contribution in [0, 0.1) is 5.92 Å². The zero-order valence-corrected chi connectivity index (χ0v) is 15.9. The summed E-state index contributed by atoms with van der Waals surface area (Å²) in [6.07, 6.45) is 6.50. The van der Waals surface area contributed by atoms with Crippen LogP contribution in [0.1, 0.15) is 44.0 Å². The van der Waals surface area contributed by atoms with E-state index in [1.807, 2.05) is 0 Å². The number of anilines is 1. The van der Waals surface area contributed by atoms with Gasteiger partial charge in [-0.25, -0.2) is 0 Å². The Labute approximate surface area is 153 Å². The SMILES string of the molecule is CCCC[C@@H]1CN(CC(=O)Nc2nnc(COC)s2)C[C@H](C2CC2)O1. The molecule has 2 heterocycles. The fourth-order valence-corrected chi connectivity index (χ4v) is 3.97. The lowest BCUT2D eigenvalue weighted by Crippen LogP contribution is -2.50. The molecule has 25 heavy (non-hydrogen) atoms. The molecule has 2 fully saturated rings. The van der Waals surface area contributed by atoms with Crippen LogP contribution < -0.4 is 5.32 Å². The van der Waals surface area contributed by atoms with Gasteiger partial charge in [0.15, 0.2) is 0 Å². The van der Waals surface area contributed by atoms with Gasteiger partial charge in [-0.1, -0.05) is 31.1 Å². The van der Waals surface area contributed by atoms with Crippen molar-refractivity contribution < 1.29 is 14.3 Å². The first-order valence-corrected chi connectivity index (χ1v) is 9.98. The molecule has 0 unspecified atom stereocenters. The van der Waals surface area contributed by atoms with Crippen LogP contribution >= 0.6 is 11.3 Å². The minimum Gasteiger partial charge on any atom is -0.377 e. The van der Waals surface area contributed by atoms with Gasteiger partial charge in [-0.15, -0.1) is 10.2 Å². The van der Waals surface area contributed by atoms with Crippen molar-refractivity contribution in [2.24, 2.45) is 5.92 Å². The number of hydrogen-bond donors (Lipinski definition) is 1. The zero-order chi connectivity index (χ0) is 17.6. The van der Waals surface area contributed by atoms with Crippen LogP contribution in [0.3, 0.4) is 0 Å². The number of carbonyl (C=O) groups excluding carboxylic acids is 1. The van der Waals surface area contributed by atoms with Gasteiger partial charge < -0.3 is 9.47 Å². The predicted octanol–water partition coefficient (Wildman–Crippen LogP) is 2.29. The van der Waals surface area contributed by atoms with E-state index in [4.69, 9.17) is 9.47 Å². The second-order valence-electron chi connectivity index (χ2n) is 6.95. The van der Waals surface area contributed by atoms with E-state index in [0.717, 1.165) is 24.5 Å². The van der Waals surface area contributed by atoms with Gasteiger partial charge in [0.05, 0.1) is 18.8 Å². The summed E-state index contributed by atoms with van der Waals surface area (Å²) in [4.78, 5) is 14.6. The molecule has 1 aromatic rings. The molecule has 0 bridgehead atoms. The summed E-state index contributed by atoms with van der Waals surface area (Å²) in [6, 6.07) is 0. The number of ether oxygens (including phenoxy) is 2. The summed E-state index contributed by atoms with van der Waals surface area (Å²) in [6.45, 7) is 4.69. The van der Waals surface area contributed by atoms with Gasteiger partial charge in [0, 0.05) is 20.2 Å². The number of nitrogens with one attached hydrogen (secondary N) is 1. The van der Waals surface area contributed by atoms with Crippen molar-refractivity contribution >= 4 is 22.4 Å². The van der Waals surface area contributed by atoms with Crippen molar-refractivity contribution in [1.82, 2.24) is 15.1 Å². The molecule has 1 aliphatic carbocycles. The summed E-state index contributed by atoms with van der Waals surface area (Å²) >= 11 is 1.35. The molecular weight excluding hydrogens is 340 g/mol. The largest absolute Gasteiger partial charge is 0.377 e. The summed E-state index contributed by atoms with van der Waals surface area (Å²) in [7, 11) is 1.61. The Morgan fingerprint density at radius 2 is 2.24 bits per heavy atom. The van der Waals surface area contributed by atoms with Crippen molar-refractivity contribution in [3.63, 3.8) is 0 Å². The topological polar surface area (TPSA) is 76.6 Å². The van der Waals surface area contributed by atoms with Crippen LogP contribution in [-0.2, 0) is 20.9 Å². The minimum atomic E-state index is -0.0363. The summed E-state index contributed by atoms with van der Waals surface area (Å²) in [5.74, 6) is 0.653. The minimum absolute atomic E-state index is 0.0363. The van der Waals surface area contributed by atoms with Gasteiger partial charge in [-0.05, 0) is 25.2 Å². The summed E-state index contributed by atoms with van der Waals surface area (Å²) in [5, 5.41) is 12.1. The molecule has 140 valence electrons. The fourth-order valence-electron chi connectivity index (χ4n) is 3.25. The number of hydrogen-bond acceptors (Lipinski definition) is 7. The van der Waals surface area contributed by atoms with Crippen LogP contribution in [0.25, 0.3) is 0 Å². The van der Waals surface area contributed by atoms with Crippen molar-refractivity contribution in [3.8, 4) is 0 Å². The normalized spacial score (nSPS) is 24.4. The van der Waals surface area contributed by atoms with E-state index in [0.29, 0.717) is 30.3 Å². The first-order chi connectivity index (χ1) is 12.2. The third kappa shape index (κ3) is 5.70. The van der Waals surface area contributed by atoms with Crippen molar-refractivity contribution in [3.05, 3.63) is 5.01 Å². The van der Waals surface area contributed by atoms with Gasteiger partial charge in [-0.3, -0.25) is 15.0 Å². The van der Waals surface area contributed by atoms with E-state index < -0.39 is 0 Å². The average Bonchev–Trinajstić information content (AvgIpc) is 3.35. The van der Waals surface area contributed by atoms with E-state index in [1.54, 1.807) is 7.11 Å². The number of amides is 1. The molecule has 1 saturated carbocycles. The van der Waals surface area contributed by atoms with Gasteiger partial charge >= 0.3 is 0 Å². The molecule has 1 amide bonds. The first-order valence-electron chi connectivity index (χ1n) is 9.17.